The van der Waals surface area contributed by atoms with Crippen LogP contribution in [0.25, 0.3) is 0 Å². The number of allylic oxidation sites excluding steroid dienone is 1. The Hall–Kier alpha value is -1.77. The fourth-order valence-corrected chi connectivity index (χ4v) is 1.38. The van der Waals surface area contributed by atoms with Crippen molar-refractivity contribution < 1.29 is 9.90 Å². The summed E-state index contributed by atoms with van der Waals surface area (Å²) in [5.74, 6) is -0.0499. The number of hydrogen-bond donors (Lipinski definition) is 2. The van der Waals surface area contributed by atoms with Crippen LogP contribution in [0.3, 0.4) is 0 Å². The Balaban J connectivity index is 2.77. The number of hydrogen-bond acceptors (Lipinski definition) is 2. The highest BCUT2D eigenvalue weighted by Crippen LogP contribution is 2.20. The average Bonchev–Trinajstić information content (AvgIpc) is 2.19. The lowest BCUT2D eigenvalue weighted by atomic mass is 10.0. The summed E-state index contributed by atoms with van der Waals surface area (Å²) in [6.45, 7) is 3.62. The van der Waals surface area contributed by atoms with E-state index in [1.807, 2.05) is 6.07 Å². The quantitative estimate of drug-likeness (QED) is 0.716. The van der Waals surface area contributed by atoms with E-state index >= 15 is 0 Å². The number of carbonyl (C=O) groups is 1. The Morgan fingerprint density at radius 3 is 2.87 bits per heavy atom. The van der Waals surface area contributed by atoms with E-state index in [0.29, 0.717) is 19.3 Å². The van der Waals surface area contributed by atoms with E-state index in [4.69, 9.17) is 5.73 Å². The van der Waals surface area contributed by atoms with E-state index in [-0.39, 0.29) is 11.7 Å². The van der Waals surface area contributed by atoms with Gasteiger partial charge in [-0.15, -0.1) is 6.58 Å². The van der Waals surface area contributed by atoms with Crippen molar-refractivity contribution in [3.05, 3.63) is 42.0 Å². The standard InChI is InChI=1S/C12H15NO2/c1-2-3-10-8-9(4-6-11(10)14)5-7-12(13)15/h2,4,6,8,14H,1,3,5,7H2,(H2,13,15). The maximum absolute atomic E-state index is 10.6. The van der Waals surface area contributed by atoms with Gasteiger partial charge in [0, 0.05) is 6.42 Å². The molecule has 1 rings (SSSR count). The molecule has 0 aromatic heterocycles. The van der Waals surface area contributed by atoms with Crippen LogP contribution in [0.15, 0.2) is 30.9 Å². The van der Waals surface area contributed by atoms with E-state index < -0.39 is 0 Å². The number of phenolic OH excluding ortho intramolecular Hbond substituents is 1. The third kappa shape index (κ3) is 3.46. The van der Waals surface area contributed by atoms with Gasteiger partial charge in [0.05, 0.1) is 0 Å². The lowest BCUT2D eigenvalue weighted by Gasteiger charge is -2.05. The minimum Gasteiger partial charge on any atom is -0.508 e. The predicted molar refractivity (Wildman–Crippen MR) is 59.5 cm³/mol. The van der Waals surface area contributed by atoms with Crippen LogP contribution in [0.5, 0.6) is 5.75 Å². The molecule has 1 aromatic carbocycles. The second kappa shape index (κ2) is 5.20. The predicted octanol–water partition coefficient (Wildman–Crippen LogP) is 1.54. The number of nitrogens with two attached hydrogens (primary N) is 1. The number of carbonyl (C=O) groups excluding carboxylic acids is 1. The summed E-state index contributed by atoms with van der Waals surface area (Å²) in [5.41, 5.74) is 6.89. The molecule has 0 saturated carbocycles. The van der Waals surface area contributed by atoms with E-state index in [2.05, 4.69) is 6.58 Å². The van der Waals surface area contributed by atoms with E-state index in [1.54, 1.807) is 18.2 Å². The Kier molecular flexibility index (Phi) is 3.92. The van der Waals surface area contributed by atoms with Gasteiger partial charge in [-0.3, -0.25) is 4.79 Å². The van der Waals surface area contributed by atoms with Crippen LogP contribution in [0.4, 0.5) is 0 Å². The average molecular weight is 205 g/mol. The monoisotopic (exact) mass is 205 g/mol. The molecule has 0 fully saturated rings. The van der Waals surface area contributed by atoms with Crippen molar-refractivity contribution in [2.45, 2.75) is 19.3 Å². The molecule has 0 spiro atoms. The fourth-order valence-electron chi connectivity index (χ4n) is 1.38. The lowest BCUT2D eigenvalue weighted by molar-refractivity contribution is -0.117. The Labute approximate surface area is 89.2 Å². The van der Waals surface area contributed by atoms with Crippen molar-refractivity contribution >= 4 is 5.91 Å². The molecule has 3 nitrogen and oxygen atoms in total. The minimum atomic E-state index is -0.312. The summed E-state index contributed by atoms with van der Waals surface area (Å²) in [5, 5.41) is 9.50. The summed E-state index contributed by atoms with van der Waals surface area (Å²) < 4.78 is 0. The fraction of sp³-hybridized carbons (Fsp3) is 0.250. The van der Waals surface area contributed by atoms with E-state index in [1.165, 1.54) is 0 Å². The number of primary amides is 1. The highest BCUT2D eigenvalue weighted by atomic mass is 16.3. The van der Waals surface area contributed by atoms with Crippen molar-refractivity contribution in [1.82, 2.24) is 0 Å². The number of amides is 1. The number of phenols is 1. The molecule has 0 radical (unpaired) electrons. The van der Waals surface area contributed by atoms with Crippen molar-refractivity contribution in [3.8, 4) is 5.75 Å². The normalized spacial score (nSPS) is 9.87. The summed E-state index contributed by atoms with van der Waals surface area (Å²) in [6.07, 6.45) is 3.29. The molecule has 3 N–H and O–H groups in total. The highest BCUT2D eigenvalue weighted by Gasteiger charge is 2.02. The Morgan fingerprint density at radius 2 is 2.27 bits per heavy atom. The van der Waals surface area contributed by atoms with Crippen molar-refractivity contribution in [3.63, 3.8) is 0 Å². The second-order valence-electron chi connectivity index (χ2n) is 3.42. The van der Waals surface area contributed by atoms with Gasteiger partial charge in [-0.25, -0.2) is 0 Å². The van der Waals surface area contributed by atoms with Gasteiger partial charge < -0.3 is 10.8 Å². The van der Waals surface area contributed by atoms with Crippen LogP contribution in [-0.2, 0) is 17.6 Å². The Morgan fingerprint density at radius 1 is 1.53 bits per heavy atom. The van der Waals surface area contributed by atoms with Crippen LogP contribution in [0.1, 0.15) is 17.5 Å². The summed E-state index contributed by atoms with van der Waals surface area (Å²) in [4.78, 5) is 10.6. The number of aryl methyl sites for hydroxylation is 1. The molecule has 0 unspecified atom stereocenters. The maximum atomic E-state index is 10.6. The molecule has 15 heavy (non-hydrogen) atoms. The molecule has 0 aliphatic heterocycles. The van der Waals surface area contributed by atoms with Gasteiger partial charge in [0.25, 0.3) is 0 Å². The molecule has 3 heteroatoms. The first kappa shape index (κ1) is 11.3. The summed E-state index contributed by atoms with van der Waals surface area (Å²) >= 11 is 0. The lowest BCUT2D eigenvalue weighted by Crippen LogP contribution is -2.11. The number of aromatic hydroxyl groups is 1. The van der Waals surface area contributed by atoms with Gasteiger partial charge in [-0.2, -0.15) is 0 Å². The van der Waals surface area contributed by atoms with Crippen molar-refractivity contribution in [1.29, 1.82) is 0 Å². The SMILES string of the molecule is C=CCc1cc(CCC(N)=O)ccc1O. The molecule has 0 heterocycles. The van der Waals surface area contributed by atoms with Gasteiger partial charge in [-0.05, 0) is 30.0 Å². The minimum absolute atomic E-state index is 0.262. The van der Waals surface area contributed by atoms with Crippen molar-refractivity contribution in [2.75, 3.05) is 0 Å². The zero-order chi connectivity index (χ0) is 11.3. The first-order valence-corrected chi connectivity index (χ1v) is 4.83. The zero-order valence-corrected chi connectivity index (χ0v) is 8.57. The van der Waals surface area contributed by atoms with Crippen LogP contribution in [0, 0.1) is 0 Å². The number of rotatable bonds is 5. The topological polar surface area (TPSA) is 63.3 Å². The van der Waals surface area contributed by atoms with Gasteiger partial charge >= 0.3 is 0 Å². The molecule has 0 bridgehead atoms. The second-order valence-corrected chi connectivity index (χ2v) is 3.42. The molecule has 1 amide bonds. The van der Waals surface area contributed by atoms with Crippen LogP contribution in [-0.4, -0.2) is 11.0 Å². The van der Waals surface area contributed by atoms with Gasteiger partial charge in [0.1, 0.15) is 5.75 Å². The number of benzene rings is 1. The highest BCUT2D eigenvalue weighted by molar-refractivity contribution is 5.74. The largest absolute Gasteiger partial charge is 0.508 e. The zero-order valence-electron chi connectivity index (χ0n) is 8.57. The maximum Gasteiger partial charge on any atom is 0.217 e. The molecule has 80 valence electrons. The molecule has 0 aliphatic carbocycles. The third-order valence-electron chi connectivity index (χ3n) is 2.17. The first-order valence-electron chi connectivity index (χ1n) is 4.83. The van der Waals surface area contributed by atoms with Gasteiger partial charge in [-0.1, -0.05) is 18.2 Å². The summed E-state index contributed by atoms with van der Waals surface area (Å²) in [7, 11) is 0. The molecular weight excluding hydrogens is 190 g/mol. The molecule has 1 aromatic rings. The van der Waals surface area contributed by atoms with Crippen LogP contribution >= 0.6 is 0 Å². The molecular formula is C12H15NO2. The first-order chi connectivity index (χ1) is 7.13. The van der Waals surface area contributed by atoms with Gasteiger partial charge in [0.2, 0.25) is 5.91 Å². The molecule has 0 aliphatic rings. The van der Waals surface area contributed by atoms with Gasteiger partial charge in [0.15, 0.2) is 0 Å². The van der Waals surface area contributed by atoms with Crippen molar-refractivity contribution in [2.24, 2.45) is 5.73 Å². The Bertz CT molecular complexity index is 372. The third-order valence-corrected chi connectivity index (χ3v) is 2.17. The van der Waals surface area contributed by atoms with E-state index in [0.717, 1.165) is 11.1 Å². The van der Waals surface area contributed by atoms with Crippen LogP contribution < -0.4 is 5.73 Å². The molecule has 0 saturated heterocycles. The smallest absolute Gasteiger partial charge is 0.217 e. The molecule has 0 atom stereocenters. The summed E-state index contributed by atoms with van der Waals surface area (Å²) in [6, 6.07) is 5.31. The van der Waals surface area contributed by atoms with Crippen LogP contribution in [0.2, 0.25) is 0 Å². The van der Waals surface area contributed by atoms with E-state index in [9.17, 15) is 9.90 Å².